The fourth-order valence-electron chi connectivity index (χ4n) is 0.935. The Balaban J connectivity index is 0.00000256. The maximum Gasteiger partial charge on any atom is 1.00 e. The second-order valence-electron chi connectivity index (χ2n) is 2.66. The second kappa shape index (κ2) is 6.55. The molecule has 9 heteroatoms. The largest absolute Gasteiger partial charge is 1.00 e. The van der Waals surface area contributed by atoms with Gasteiger partial charge in [-0.2, -0.15) is 0 Å². The molecule has 0 saturated heterocycles. The van der Waals surface area contributed by atoms with E-state index in [1.165, 1.54) is 6.07 Å². The molecule has 0 aliphatic rings. The van der Waals surface area contributed by atoms with E-state index in [4.69, 9.17) is 11.6 Å². The summed E-state index contributed by atoms with van der Waals surface area (Å²) in [5, 5.41) is 22.6. The minimum absolute atomic E-state index is 0. The van der Waals surface area contributed by atoms with E-state index in [0.29, 0.717) is 0 Å². The molecule has 0 aromatic heterocycles. The van der Waals surface area contributed by atoms with Gasteiger partial charge in [-0.15, -0.1) is 0 Å². The number of anilines is 1. The summed E-state index contributed by atoms with van der Waals surface area (Å²) in [6.07, 6.45) is 0. The molecule has 0 spiro atoms. The Bertz CT molecular complexity index is 479. The van der Waals surface area contributed by atoms with Crippen molar-refractivity contribution < 1.29 is 49.2 Å². The summed E-state index contributed by atoms with van der Waals surface area (Å²) in [6, 6.07) is 3.40. The maximum atomic E-state index is 10.7. The van der Waals surface area contributed by atoms with Gasteiger partial charge in [-0.05, 0) is 12.1 Å². The van der Waals surface area contributed by atoms with Gasteiger partial charge in [0.05, 0.1) is 4.92 Å². The van der Waals surface area contributed by atoms with E-state index in [2.05, 4.69) is 0 Å². The van der Waals surface area contributed by atoms with Crippen LogP contribution in [0.4, 0.5) is 11.4 Å². The molecule has 7 nitrogen and oxygen atoms in total. The number of carboxylic acids is 1. The van der Waals surface area contributed by atoms with Crippen molar-refractivity contribution in [3.63, 3.8) is 0 Å². The van der Waals surface area contributed by atoms with Crippen LogP contribution < -0.4 is 40.0 Å². The minimum Gasteiger partial charge on any atom is -0.540 e. The number of halogens is 1. The molecule has 1 amide bonds. The van der Waals surface area contributed by atoms with Crippen LogP contribution in [0.15, 0.2) is 18.2 Å². The topological polar surface area (TPSA) is 112 Å². The van der Waals surface area contributed by atoms with Crippen molar-refractivity contribution in [2.75, 3.05) is 5.32 Å². The third-order valence-corrected chi connectivity index (χ3v) is 1.83. The number of hydrogen-bond donors (Lipinski definition) is 1. The van der Waals surface area contributed by atoms with Crippen LogP contribution in [-0.2, 0) is 9.59 Å². The first-order chi connectivity index (χ1) is 7.41. The molecule has 0 fully saturated rings. The number of amides is 1. The molecule has 0 aliphatic heterocycles. The normalized spacial score (nSPS) is 9.00. The minimum atomic E-state index is -1.98. The third kappa shape index (κ3) is 4.31. The van der Waals surface area contributed by atoms with Crippen LogP contribution in [0.3, 0.4) is 0 Å². The van der Waals surface area contributed by atoms with Gasteiger partial charge in [-0.3, -0.25) is 14.9 Å². The van der Waals surface area contributed by atoms with Crippen LogP contribution in [0.5, 0.6) is 0 Å². The molecule has 0 radical (unpaired) electrons. The number of carbonyl (C=O) groups excluding carboxylic acids is 2. The van der Waals surface area contributed by atoms with E-state index >= 15 is 0 Å². The number of carbonyl (C=O) groups is 2. The molecular formula is C8H4ClN2NaO5. The van der Waals surface area contributed by atoms with Gasteiger partial charge in [0.2, 0.25) is 0 Å². The van der Waals surface area contributed by atoms with Gasteiger partial charge >= 0.3 is 29.6 Å². The Morgan fingerprint density at radius 3 is 2.41 bits per heavy atom. The van der Waals surface area contributed by atoms with Crippen molar-refractivity contribution in [2.24, 2.45) is 0 Å². The number of hydrogen-bond acceptors (Lipinski definition) is 5. The molecule has 1 aromatic rings. The van der Waals surface area contributed by atoms with Crippen LogP contribution in [-0.4, -0.2) is 16.8 Å². The molecule has 0 aliphatic carbocycles. The van der Waals surface area contributed by atoms with E-state index in [0.717, 1.165) is 12.1 Å². The number of carboxylic acid groups (broad SMARTS) is 1. The summed E-state index contributed by atoms with van der Waals surface area (Å²) in [6.45, 7) is 0. The Morgan fingerprint density at radius 1 is 1.35 bits per heavy atom. The van der Waals surface area contributed by atoms with Crippen LogP contribution in [0.2, 0.25) is 5.02 Å². The van der Waals surface area contributed by atoms with Crippen molar-refractivity contribution in [3.8, 4) is 0 Å². The van der Waals surface area contributed by atoms with Gasteiger partial charge in [0, 0.05) is 11.1 Å². The molecule has 0 atom stereocenters. The van der Waals surface area contributed by atoms with Crippen LogP contribution in [0.1, 0.15) is 0 Å². The van der Waals surface area contributed by atoms with E-state index in [9.17, 15) is 24.8 Å². The van der Waals surface area contributed by atoms with Crippen molar-refractivity contribution in [2.45, 2.75) is 0 Å². The summed E-state index contributed by atoms with van der Waals surface area (Å²) in [5.41, 5.74) is -0.759. The predicted molar refractivity (Wildman–Crippen MR) is 51.7 cm³/mol. The van der Waals surface area contributed by atoms with Crippen LogP contribution in [0, 0.1) is 10.1 Å². The number of aliphatic carboxylic acids is 1. The maximum absolute atomic E-state index is 10.7. The zero-order chi connectivity index (χ0) is 12.3. The van der Waals surface area contributed by atoms with Crippen molar-refractivity contribution in [1.29, 1.82) is 0 Å². The Hall–Kier alpha value is -1.15. The molecule has 0 bridgehead atoms. The van der Waals surface area contributed by atoms with Gasteiger partial charge in [0.1, 0.15) is 11.7 Å². The van der Waals surface area contributed by atoms with Crippen LogP contribution in [0.25, 0.3) is 0 Å². The zero-order valence-corrected chi connectivity index (χ0v) is 11.4. The SMILES string of the molecule is O=C([O-])C(=O)Nc1ccc(Cl)cc1[N+](=O)[O-].[Na+]. The second-order valence-corrected chi connectivity index (χ2v) is 3.10. The average molecular weight is 267 g/mol. The van der Waals surface area contributed by atoms with E-state index in [1.807, 2.05) is 5.32 Å². The van der Waals surface area contributed by atoms with E-state index < -0.39 is 22.5 Å². The first-order valence-electron chi connectivity index (χ1n) is 3.88. The fraction of sp³-hybridized carbons (Fsp3) is 0. The third-order valence-electron chi connectivity index (χ3n) is 1.59. The molecule has 0 saturated carbocycles. The zero-order valence-electron chi connectivity index (χ0n) is 8.60. The van der Waals surface area contributed by atoms with E-state index in [-0.39, 0.29) is 40.3 Å². The molecule has 0 heterocycles. The molecule has 17 heavy (non-hydrogen) atoms. The average Bonchev–Trinajstić information content (AvgIpc) is 2.20. The molecule has 1 aromatic carbocycles. The molecule has 1 N–H and O–H groups in total. The fourth-order valence-corrected chi connectivity index (χ4v) is 1.10. The van der Waals surface area contributed by atoms with Crippen LogP contribution >= 0.6 is 11.6 Å². The van der Waals surface area contributed by atoms with Gasteiger partial charge < -0.3 is 15.2 Å². The first kappa shape index (κ1) is 15.9. The standard InChI is InChI=1S/C8H5ClN2O5.Na/c9-4-1-2-5(6(3-4)11(15)16)10-7(12)8(13)14;/h1-3H,(H,10,12)(H,13,14);/q;+1/p-1. The summed E-state index contributed by atoms with van der Waals surface area (Å²) in [5.74, 6) is -3.45. The first-order valence-corrected chi connectivity index (χ1v) is 4.26. The quantitative estimate of drug-likeness (QED) is 0.264. The summed E-state index contributed by atoms with van der Waals surface area (Å²) < 4.78 is 0. The predicted octanol–water partition coefficient (Wildman–Crippen LogP) is -3.06. The molecule has 84 valence electrons. The summed E-state index contributed by atoms with van der Waals surface area (Å²) >= 11 is 5.51. The van der Waals surface area contributed by atoms with Crippen molar-refractivity contribution >= 4 is 34.9 Å². The molecule has 1 rings (SSSR count). The molecular weight excluding hydrogens is 263 g/mol. The smallest absolute Gasteiger partial charge is 0.540 e. The van der Waals surface area contributed by atoms with Gasteiger partial charge in [-0.1, -0.05) is 11.6 Å². The van der Waals surface area contributed by atoms with Gasteiger partial charge in [0.15, 0.2) is 0 Å². The van der Waals surface area contributed by atoms with E-state index in [1.54, 1.807) is 0 Å². The number of nitrogens with zero attached hydrogens (tertiary/aromatic N) is 1. The number of rotatable bonds is 2. The van der Waals surface area contributed by atoms with Crippen molar-refractivity contribution in [3.05, 3.63) is 33.3 Å². The number of nitrogens with one attached hydrogen (secondary N) is 1. The molecule has 0 unspecified atom stereocenters. The van der Waals surface area contributed by atoms with Gasteiger partial charge in [-0.25, -0.2) is 0 Å². The number of nitro groups is 1. The Labute approximate surface area is 122 Å². The van der Waals surface area contributed by atoms with Crippen molar-refractivity contribution in [1.82, 2.24) is 0 Å². The monoisotopic (exact) mass is 266 g/mol. The number of benzene rings is 1. The Kier molecular flexibility index (Phi) is 6.11. The Morgan fingerprint density at radius 2 is 1.94 bits per heavy atom. The summed E-state index contributed by atoms with van der Waals surface area (Å²) in [4.78, 5) is 30.6. The number of nitro benzene ring substituents is 1. The van der Waals surface area contributed by atoms with Gasteiger partial charge in [0.25, 0.3) is 11.6 Å². The summed E-state index contributed by atoms with van der Waals surface area (Å²) in [7, 11) is 0.